The predicted molar refractivity (Wildman–Crippen MR) is 84.5 cm³/mol. The summed E-state index contributed by atoms with van der Waals surface area (Å²) in [4.78, 5) is 12.5. The molecule has 1 aromatic carbocycles. The van der Waals surface area contributed by atoms with Crippen LogP contribution in [-0.4, -0.2) is 40.7 Å². The van der Waals surface area contributed by atoms with Crippen molar-refractivity contribution in [2.75, 3.05) is 29.6 Å². The number of carbonyl (C=O) groups is 1. The van der Waals surface area contributed by atoms with Crippen LogP contribution in [0.15, 0.2) is 18.2 Å². The van der Waals surface area contributed by atoms with Gasteiger partial charge in [-0.2, -0.15) is 0 Å². The monoisotopic (exact) mass is 329 g/mol. The van der Waals surface area contributed by atoms with Crippen LogP contribution in [0, 0.1) is 5.92 Å². The van der Waals surface area contributed by atoms with Crippen LogP contribution in [0.4, 0.5) is 16.2 Å². The van der Waals surface area contributed by atoms with E-state index in [4.69, 9.17) is 28.3 Å². The fraction of sp³-hybridized carbons (Fsp3) is 0.500. The number of rotatable bonds is 2. The number of piperidine rings is 1. The van der Waals surface area contributed by atoms with Crippen LogP contribution in [0.5, 0.6) is 0 Å². The fourth-order valence-electron chi connectivity index (χ4n) is 3.18. The number of fused-ring (bicyclic) bond motifs is 1. The molecule has 0 aromatic heterocycles. The molecule has 1 fully saturated rings. The van der Waals surface area contributed by atoms with E-state index in [9.17, 15) is 4.79 Å². The summed E-state index contributed by atoms with van der Waals surface area (Å²) in [7, 11) is 0. The summed E-state index contributed by atoms with van der Waals surface area (Å²) in [5.74, 6) is 0.661. The van der Waals surface area contributed by atoms with Crippen molar-refractivity contribution < 1.29 is 9.90 Å². The maximum atomic E-state index is 11.0. The normalized spacial score (nSPS) is 25.1. The number of carboxylic acid groups (broad SMARTS) is 1. The first-order chi connectivity index (χ1) is 10.0. The maximum Gasteiger partial charge on any atom is 0.407 e. The van der Waals surface area contributed by atoms with Gasteiger partial charge in [0.05, 0.1) is 17.3 Å². The number of benzene rings is 1. The molecule has 5 nitrogen and oxygen atoms in total. The van der Waals surface area contributed by atoms with Crippen LogP contribution in [0.2, 0.25) is 5.02 Å². The van der Waals surface area contributed by atoms with E-state index in [0.717, 1.165) is 24.2 Å². The molecule has 1 atom stereocenters. The molecule has 0 radical (unpaired) electrons. The number of anilines is 2. The lowest BCUT2D eigenvalue weighted by molar-refractivity contribution is 0.116. The van der Waals surface area contributed by atoms with Gasteiger partial charge in [0.2, 0.25) is 0 Å². The highest BCUT2D eigenvalue weighted by Gasteiger charge is 2.44. The third-order valence-electron chi connectivity index (χ3n) is 4.37. The molecule has 21 heavy (non-hydrogen) atoms. The predicted octanol–water partition coefficient (Wildman–Crippen LogP) is 3.50. The van der Waals surface area contributed by atoms with Gasteiger partial charge in [0.15, 0.2) is 0 Å². The number of likely N-dealkylation sites (tertiary alicyclic amines) is 1. The minimum absolute atomic E-state index is 0.261. The smallest absolute Gasteiger partial charge is 0.407 e. The first-order valence-electron chi connectivity index (χ1n) is 6.94. The molecule has 2 aliphatic heterocycles. The number of alkyl halides is 1. The van der Waals surface area contributed by atoms with Crippen molar-refractivity contribution in [1.29, 1.82) is 0 Å². The molecule has 7 heteroatoms. The average molecular weight is 330 g/mol. The molecule has 1 unspecified atom stereocenters. The average Bonchev–Trinajstić information content (AvgIpc) is 2.86. The molecule has 2 heterocycles. The standard InChI is InChI=1S/C14H17Cl2N3O2/c15-8-14(9-3-5-19(6-4-9)13(20)21)17-11-2-1-10(16)7-12(11)18-14/h1-2,7,9,17-18H,3-6,8H2,(H,20,21). The zero-order valence-electron chi connectivity index (χ0n) is 11.4. The Morgan fingerprint density at radius 2 is 2.00 bits per heavy atom. The summed E-state index contributed by atoms with van der Waals surface area (Å²) in [6.07, 6.45) is 0.706. The Kier molecular flexibility index (Phi) is 3.80. The van der Waals surface area contributed by atoms with Crippen molar-refractivity contribution in [3.8, 4) is 0 Å². The third-order valence-corrected chi connectivity index (χ3v) is 5.03. The third kappa shape index (κ3) is 2.60. The minimum Gasteiger partial charge on any atom is -0.465 e. The molecule has 1 aromatic rings. The Hall–Kier alpha value is -1.33. The van der Waals surface area contributed by atoms with Gasteiger partial charge in [-0.25, -0.2) is 4.79 Å². The molecular weight excluding hydrogens is 313 g/mol. The van der Waals surface area contributed by atoms with Gasteiger partial charge in [-0.15, -0.1) is 11.6 Å². The van der Waals surface area contributed by atoms with Crippen LogP contribution in [0.1, 0.15) is 12.8 Å². The van der Waals surface area contributed by atoms with Crippen molar-refractivity contribution >= 4 is 40.7 Å². The number of nitrogens with one attached hydrogen (secondary N) is 2. The summed E-state index contributed by atoms with van der Waals surface area (Å²) < 4.78 is 0. The molecule has 114 valence electrons. The van der Waals surface area contributed by atoms with E-state index in [0.29, 0.717) is 24.0 Å². The van der Waals surface area contributed by atoms with Crippen LogP contribution >= 0.6 is 23.2 Å². The molecule has 3 rings (SSSR count). The van der Waals surface area contributed by atoms with E-state index < -0.39 is 11.8 Å². The highest BCUT2D eigenvalue weighted by atomic mass is 35.5. The number of hydrogen-bond donors (Lipinski definition) is 3. The Labute approximate surface area is 133 Å². The molecule has 2 aliphatic rings. The van der Waals surface area contributed by atoms with Crippen molar-refractivity contribution in [2.45, 2.75) is 18.5 Å². The van der Waals surface area contributed by atoms with Crippen molar-refractivity contribution in [3.63, 3.8) is 0 Å². The topological polar surface area (TPSA) is 64.6 Å². The van der Waals surface area contributed by atoms with Gasteiger partial charge >= 0.3 is 6.09 Å². The van der Waals surface area contributed by atoms with Crippen LogP contribution in [-0.2, 0) is 0 Å². The second-order valence-electron chi connectivity index (χ2n) is 5.59. The van der Waals surface area contributed by atoms with Gasteiger partial charge in [-0.05, 0) is 31.0 Å². The summed E-state index contributed by atoms with van der Waals surface area (Å²) in [6, 6.07) is 5.66. The first-order valence-corrected chi connectivity index (χ1v) is 7.85. The van der Waals surface area contributed by atoms with Gasteiger partial charge in [-0.3, -0.25) is 0 Å². The minimum atomic E-state index is -0.851. The molecule has 0 spiro atoms. The number of amides is 1. The van der Waals surface area contributed by atoms with Crippen molar-refractivity contribution in [1.82, 2.24) is 4.90 Å². The lowest BCUT2D eigenvalue weighted by Gasteiger charge is -2.41. The van der Waals surface area contributed by atoms with E-state index in [1.54, 1.807) is 0 Å². The number of halogens is 2. The SMILES string of the molecule is O=C(O)N1CCC(C2(CCl)Nc3ccc(Cl)cc3N2)CC1. The highest BCUT2D eigenvalue weighted by Crippen LogP contribution is 2.42. The molecular formula is C14H17Cl2N3O2. The first kappa shape index (κ1) is 14.6. The summed E-state index contributed by atoms with van der Waals surface area (Å²) in [5, 5.41) is 16.6. The summed E-state index contributed by atoms with van der Waals surface area (Å²) >= 11 is 12.3. The maximum absolute atomic E-state index is 11.0. The van der Waals surface area contributed by atoms with E-state index in [1.165, 1.54) is 4.90 Å². The van der Waals surface area contributed by atoms with E-state index in [-0.39, 0.29) is 5.92 Å². The lowest BCUT2D eigenvalue weighted by atomic mass is 9.85. The van der Waals surface area contributed by atoms with Gasteiger partial charge < -0.3 is 20.6 Å². The van der Waals surface area contributed by atoms with Gasteiger partial charge in [0, 0.05) is 24.0 Å². The fourth-order valence-corrected chi connectivity index (χ4v) is 3.71. The highest BCUT2D eigenvalue weighted by molar-refractivity contribution is 6.31. The second-order valence-corrected chi connectivity index (χ2v) is 6.29. The Morgan fingerprint density at radius 3 is 2.62 bits per heavy atom. The Balaban J connectivity index is 1.76. The van der Waals surface area contributed by atoms with E-state index >= 15 is 0 Å². The largest absolute Gasteiger partial charge is 0.465 e. The van der Waals surface area contributed by atoms with E-state index in [1.807, 2.05) is 18.2 Å². The van der Waals surface area contributed by atoms with Gasteiger partial charge in [0.1, 0.15) is 5.66 Å². The quantitative estimate of drug-likeness (QED) is 0.726. The van der Waals surface area contributed by atoms with Gasteiger partial charge in [-0.1, -0.05) is 11.6 Å². The van der Waals surface area contributed by atoms with Gasteiger partial charge in [0.25, 0.3) is 0 Å². The molecule has 1 amide bonds. The molecule has 0 aliphatic carbocycles. The van der Waals surface area contributed by atoms with Crippen molar-refractivity contribution in [3.05, 3.63) is 23.2 Å². The summed E-state index contributed by atoms with van der Waals surface area (Å²) in [6.45, 7) is 1.08. The molecule has 0 saturated carbocycles. The zero-order valence-corrected chi connectivity index (χ0v) is 12.9. The Morgan fingerprint density at radius 1 is 1.33 bits per heavy atom. The second kappa shape index (κ2) is 5.46. The number of nitrogens with zero attached hydrogens (tertiary/aromatic N) is 1. The number of hydrogen-bond acceptors (Lipinski definition) is 3. The Bertz CT molecular complexity index is 561. The zero-order chi connectivity index (χ0) is 15.0. The molecule has 3 N–H and O–H groups in total. The van der Waals surface area contributed by atoms with Crippen LogP contribution in [0.3, 0.4) is 0 Å². The molecule has 0 bridgehead atoms. The molecule has 1 saturated heterocycles. The van der Waals surface area contributed by atoms with Crippen LogP contribution in [0.25, 0.3) is 0 Å². The van der Waals surface area contributed by atoms with E-state index in [2.05, 4.69) is 10.6 Å². The van der Waals surface area contributed by atoms with Crippen LogP contribution < -0.4 is 10.6 Å². The summed E-state index contributed by atoms with van der Waals surface area (Å²) in [5.41, 5.74) is 1.50. The van der Waals surface area contributed by atoms with Crippen molar-refractivity contribution in [2.24, 2.45) is 5.92 Å². The lowest BCUT2D eigenvalue weighted by Crippen LogP contribution is -2.54.